The van der Waals surface area contributed by atoms with E-state index in [1.165, 1.54) is 7.11 Å². The van der Waals surface area contributed by atoms with E-state index >= 15 is 0 Å². The molecule has 0 atom stereocenters. The van der Waals surface area contributed by atoms with Gasteiger partial charge in [-0.05, 0) is 31.6 Å². The number of carbonyl (C=O) groups excluding carboxylic acids is 1. The molecule has 4 nitrogen and oxygen atoms in total. The summed E-state index contributed by atoms with van der Waals surface area (Å²) in [6.45, 7) is 0.619. The molecule has 13 heavy (non-hydrogen) atoms. The number of ether oxygens (including phenoxy) is 1. The summed E-state index contributed by atoms with van der Waals surface area (Å²) in [4.78, 5) is 11.1. The normalized spacial score (nSPS) is 28.1. The first kappa shape index (κ1) is 10.2. The van der Waals surface area contributed by atoms with Crippen molar-refractivity contribution in [2.45, 2.75) is 25.7 Å². The van der Waals surface area contributed by atoms with E-state index in [1.807, 2.05) is 0 Å². The van der Waals surface area contributed by atoms with Crippen molar-refractivity contribution >= 4 is 5.97 Å². The molecule has 0 saturated heterocycles. The van der Waals surface area contributed by atoms with Gasteiger partial charge in [-0.2, -0.15) is 5.11 Å². The van der Waals surface area contributed by atoms with Gasteiger partial charge in [0.05, 0.1) is 19.6 Å². The smallest absolute Gasteiger partial charge is 0.308 e. The summed E-state index contributed by atoms with van der Waals surface area (Å²) in [5.74, 6) is 0.520. The van der Waals surface area contributed by atoms with Gasteiger partial charge in [0.2, 0.25) is 0 Å². The highest BCUT2D eigenvalue weighted by molar-refractivity contribution is 5.72. The van der Waals surface area contributed by atoms with Crippen LogP contribution in [0.2, 0.25) is 0 Å². The van der Waals surface area contributed by atoms with Crippen molar-refractivity contribution in [3.63, 3.8) is 0 Å². The number of hydrogen-bond acceptors (Lipinski definition) is 4. The third-order valence-corrected chi connectivity index (χ3v) is 2.73. The minimum absolute atomic E-state index is 0.0822. The Kier molecular flexibility index (Phi) is 3.86. The van der Waals surface area contributed by atoms with Gasteiger partial charge in [0.1, 0.15) is 0 Å². The van der Waals surface area contributed by atoms with E-state index in [0.29, 0.717) is 12.5 Å². The van der Waals surface area contributed by atoms with Crippen molar-refractivity contribution in [3.05, 3.63) is 0 Å². The van der Waals surface area contributed by atoms with Gasteiger partial charge in [-0.3, -0.25) is 4.79 Å². The Morgan fingerprint density at radius 2 is 2.08 bits per heavy atom. The van der Waals surface area contributed by atoms with Crippen LogP contribution in [-0.4, -0.2) is 19.6 Å². The number of hydrogen-bond donors (Lipinski definition) is 1. The highest BCUT2D eigenvalue weighted by Crippen LogP contribution is 2.29. The summed E-state index contributed by atoms with van der Waals surface area (Å²) in [6, 6.07) is 0. The van der Waals surface area contributed by atoms with E-state index in [0.717, 1.165) is 25.7 Å². The molecule has 1 rings (SSSR count). The molecule has 0 aromatic rings. The van der Waals surface area contributed by atoms with Crippen LogP contribution in [0.25, 0.3) is 0 Å². The fraction of sp³-hybridized carbons (Fsp3) is 0.889. The number of esters is 1. The van der Waals surface area contributed by atoms with Gasteiger partial charge in [0.15, 0.2) is 0 Å². The zero-order valence-corrected chi connectivity index (χ0v) is 7.95. The van der Waals surface area contributed by atoms with Crippen LogP contribution in [0, 0.1) is 17.4 Å². The largest absolute Gasteiger partial charge is 0.469 e. The van der Waals surface area contributed by atoms with Crippen molar-refractivity contribution in [1.82, 2.24) is 0 Å². The van der Waals surface area contributed by atoms with Crippen LogP contribution in [0.3, 0.4) is 0 Å². The summed E-state index contributed by atoms with van der Waals surface area (Å²) in [7, 11) is 1.44. The molecule has 4 heteroatoms. The first-order valence-corrected chi connectivity index (χ1v) is 4.69. The van der Waals surface area contributed by atoms with Gasteiger partial charge in [-0.25, -0.2) is 5.53 Å². The molecule has 0 amide bonds. The van der Waals surface area contributed by atoms with Gasteiger partial charge in [-0.15, -0.1) is 0 Å². The number of rotatable bonds is 3. The molecule has 0 spiro atoms. The predicted octanol–water partition coefficient (Wildman–Crippen LogP) is 2.00. The van der Waals surface area contributed by atoms with Gasteiger partial charge in [0.25, 0.3) is 0 Å². The second-order valence-electron chi connectivity index (χ2n) is 3.58. The maximum atomic E-state index is 11.1. The Balaban J connectivity index is 2.30. The highest BCUT2D eigenvalue weighted by Gasteiger charge is 2.26. The van der Waals surface area contributed by atoms with E-state index < -0.39 is 0 Å². The molecule has 0 heterocycles. The van der Waals surface area contributed by atoms with Crippen LogP contribution in [0.4, 0.5) is 0 Å². The molecule has 0 bridgehead atoms. The molecule has 1 fully saturated rings. The third kappa shape index (κ3) is 2.79. The highest BCUT2D eigenvalue weighted by atomic mass is 16.5. The quantitative estimate of drug-likeness (QED) is 0.538. The second kappa shape index (κ2) is 4.94. The third-order valence-electron chi connectivity index (χ3n) is 2.73. The predicted molar refractivity (Wildman–Crippen MR) is 47.5 cm³/mol. The van der Waals surface area contributed by atoms with Crippen LogP contribution < -0.4 is 0 Å². The molecular weight excluding hydrogens is 168 g/mol. The Bertz CT molecular complexity index is 186. The van der Waals surface area contributed by atoms with Crippen molar-refractivity contribution in [3.8, 4) is 0 Å². The SMILES string of the molecule is COC(=O)C1CCC(CN=N)CC1. The van der Waals surface area contributed by atoms with Crippen molar-refractivity contribution in [2.24, 2.45) is 17.0 Å². The topological polar surface area (TPSA) is 62.5 Å². The van der Waals surface area contributed by atoms with E-state index in [9.17, 15) is 4.79 Å². The van der Waals surface area contributed by atoms with Crippen LogP contribution >= 0.6 is 0 Å². The molecule has 1 aliphatic carbocycles. The summed E-state index contributed by atoms with van der Waals surface area (Å²) in [5.41, 5.74) is 6.74. The van der Waals surface area contributed by atoms with E-state index in [1.54, 1.807) is 0 Å². The van der Waals surface area contributed by atoms with Crippen molar-refractivity contribution in [1.29, 1.82) is 5.53 Å². The molecular formula is C9H16N2O2. The van der Waals surface area contributed by atoms with Gasteiger partial charge < -0.3 is 4.74 Å². The Hall–Kier alpha value is -0.930. The lowest BCUT2D eigenvalue weighted by molar-refractivity contribution is -0.146. The minimum Gasteiger partial charge on any atom is -0.469 e. The standard InChI is InChI=1S/C9H16N2O2/c1-13-9(12)8-4-2-7(3-5-8)6-11-10/h7-8,10H,2-6H2,1H3. The molecule has 0 aliphatic heterocycles. The van der Waals surface area contributed by atoms with Crippen molar-refractivity contribution in [2.75, 3.05) is 13.7 Å². The molecule has 0 aromatic heterocycles. The van der Waals surface area contributed by atoms with Gasteiger partial charge >= 0.3 is 5.97 Å². The number of methoxy groups -OCH3 is 1. The Morgan fingerprint density at radius 3 is 2.54 bits per heavy atom. The number of nitrogens with zero attached hydrogens (tertiary/aromatic N) is 1. The zero-order chi connectivity index (χ0) is 9.68. The van der Waals surface area contributed by atoms with Crippen LogP contribution in [0.5, 0.6) is 0 Å². The summed E-state index contributed by atoms with van der Waals surface area (Å²) >= 11 is 0. The lowest BCUT2D eigenvalue weighted by Gasteiger charge is -2.25. The average Bonchev–Trinajstić information content (AvgIpc) is 2.18. The van der Waals surface area contributed by atoms with Crippen LogP contribution in [0.15, 0.2) is 5.11 Å². The maximum absolute atomic E-state index is 11.1. The molecule has 0 aromatic carbocycles. The van der Waals surface area contributed by atoms with Gasteiger partial charge in [0, 0.05) is 0 Å². The number of nitrogens with one attached hydrogen (secondary N) is 1. The average molecular weight is 184 g/mol. The van der Waals surface area contributed by atoms with Gasteiger partial charge in [-0.1, -0.05) is 0 Å². The summed E-state index contributed by atoms with van der Waals surface area (Å²) in [5, 5.41) is 3.38. The lowest BCUT2D eigenvalue weighted by atomic mass is 9.82. The first-order valence-electron chi connectivity index (χ1n) is 4.69. The Labute approximate surface area is 78.2 Å². The molecule has 1 N–H and O–H groups in total. The van der Waals surface area contributed by atoms with Crippen molar-refractivity contribution < 1.29 is 9.53 Å². The van der Waals surface area contributed by atoms with Crippen LogP contribution in [-0.2, 0) is 9.53 Å². The van der Waals surface area contributed by atoms with E-state index in [-0.39, 0.29) is 11.9 Å². The maximum Gasteiger partial charge on any atom is 0.308 e. The van der Waals surface area contributed by atoms with E-state index in [2.05, 4.69) is 9.85 Å². The molecule has 1 saturated carbocycles. The lowest BCUT2D eigenvalue weighted by Crippen LogP contribution is -2.23. The minimum atomic E-state index is -0.0822. The number of carbonyl (C=O) groups is 1. The molecule has 74 valence electrons. The first-order chi connectivity index (χ1) is 6.27. The fourth-order valence-electron chi connectivity index (χ4n) is 1.88. The zero-order valence-electron chi connectivity index (χ0n) is 7.95. The summed E-state index contributed by atoms with van der Waals surface area (Å²) in [6.07, 6.45) is 3.80. The molecule has 1 aliphatic rings. The Morgan fingerprint density at radius 1 is 1.46 bits per heavy atom. The monoisotopic (exact) mass is 184 g/mol. The molecule has 0 radical (unpaired) electrons. The summed E-state index contributed by atoms with van der Waals surface area (Å²) < 4.78 is 4.69. The molecule has 0 unspecified atom stereocenters. The van der Waals surface area contributed by atoms with Crippen LogP contribution in [0.1, 0.15) is 25.7 Å². The van der Waals surface area contributed by atoms with E-state index in [4.69, 9.17) is 5.53 Å². The second-order valence-corrected chi connectivity index (χ2v) is 3.58. The fourth-order valence-corrected chi connectivity index (χ4v) is 1.88.